The molecular formula is C17H19NO3S. The molecular weight excluding hydrogens is 298 g/mol. The Morgan fingerprint density at radius 1 is 1.14 bits per heavy atom. The number of amides is 1. The average molecular weight is 317 g/mol. The highest BCUT2D eigenvalue weighted by Crippen LogP contribution is 2.18. The van der Waals surface area contributed by atoms with E-state index in [1.165, 1.54) is 16.9 Å². The number of carbonyl (C=O) groups is 2. The van der Waals surface area contributed by atoms with E-state index in [1.807, 2.05) is 20.8 Å². The van der Waals surface area contributed by atoms with Gasteiger partial charge in [-0.3, -0.25) is 4.79 Å². The number of benzene rings is 1. The van der Waals surface area contributed by atoms with E-state index in [-0.39, 0.29) is 10.8 Å². The predicted octanol–water partition coefficient (Wildman–Crippen LogP) is 3.23. The Morgan fingerprint density at radius 3 is 2.32 bits per heavy atom. The van der Waals surface area contributed by atoms with Crippen LogP contribution in [-0.4, -0.2) is 17.0 Å². The Balaban J connectivity index is 1.97. The molecule has 1 amide bonds. The van der Waals surface area contributed by atoms with Crippen molar-refractivity contribution >= 4 is 23.2 Å². The van der Waals surface area contributed by atoms with E-state index in [9.17, 15) is 9.59 Å². The van der Waals surface area contributed by atoms with Crippen molar-refractivity contribution < 1.29 is 14.7 Å². The lowest BCUT2D eigenvalue weighted by Crippen LogP contribution is -2.24. The molecule has 1 heterocycles. The van der Waals surface area contributed by atoms with Crippen LogP contribution in [0.15, 0.2) is 24.3 Å². The van der Waals surface area contributed by atoms with Gasteiger partial charge in [0.2, 0.25) is 5.91 Å². The maximum Gasteiger partial charge on any atom is 0.345 e. The van der Waals surface area contributed by atoms with Crippen molar-refractivity contribution in [3.63, 3.8) is 0 Å². The van der Waals surface area contributed by atoms with Crippen LogP contribution in [-0.2, 0) is 17.8 Å². The molecule has 4 nitrogen and oxygen atoms in total. The zero-order valence-corrected chi connectivity index (χ0v) is 13.7. The lowest BCUT2D eigenvalue weighted by molar-refractivity contribution is -0.120. The second-order valence-electron chi connectivity index (χ2n) is 5.40. The maximum atomic E-state index is 12.1. The number of thiophene rings is 1. The minimum atomic E-state index is -0.937. The molecule has 22 heavy (non-hydrogen) atoms. The summed E-state index contributed by atoms with van der Waals surface area (Å²) in [6, 6.07) is 7.45. The van der Waals surface area contributed by atoms with E-state index in [1.54, 1.807) is 12.1 Å². The first-order chi connectivity index (χ1) is 10.4. The van der Waals surface area contributed by atoms with Crippen molar-refractivity contribution in [2.75, 3.05) is 0 Å². The molecule has 0 atom stereocenters. The molecule has 0 unspecified atom stereocenters. The molecule has 116 valence electrons. The van der Waals surface area contributed by atoms with Crippen molar-refractivity contribution in [2.45, 2.75) is 33.7 Å². The number of hydrogen-bond donors (Lipinski definition) is 2. The van der Waals surface area contributed by atoms with E-state index >= 15 is 0 Å². The van der Waals surface area contributed by atoms with Gasteiger partial charge in [0.25, 0.3) is 0 Å². The van der Waals surface area contributed by atoms with Crippen molar-refractivity contribution in [3.05, 3.63) is 56.3 Å². The third-order valence-corrected chi connectivity index (χ3v) is 4.58. The summed E-state index contributed by atoms with van der Waals surface area (Å²) in [5, 5.41) is 11.7. The first-order valence-electron chi connectivity index (χ1n) is 7.02. The molecule has 2 N–H and O–H groups in total. The summed E-state index contributed by atoms with van der Waals surface area (Å²) in [5.41, 5.74) is 4.49. The van der Waals surface area contributed by atoms with Gasteiger partial charge in [0, 0.05) is 4.88 Å². The van der Waals surface area contributed by atoms with E-state index < -0.39 is 5.97 Å². The van der Waals surface area contributed by atoms with Gasteiger partial charge < -0.3 is 10.4 Å². The lowest BCUT2D eigenvalue weighted by Gasteiger charge is -2.11. The highest BCUT2D eigenvalue weighted by molar-refractivity contribution is 7.13. The van der Waals surface area contributed by atoms with E-state index in [4.69, 9.17) is 5.11 Å². The van der Waals surface area contributed by atoms with Crippen LogP contribution in [0, 0.1) is 20.8 Å². The second-order valence-corrected chi connectivity index (χ2v) is 6.57. The molecule has 2 aromatic rings. The molecule has 0 radical (unpaired) electrons. The molecule has 5 heteroatoms. The predicted molar refractivity (Wildman–Crippen MR) is 87.5 cm³/mol. The minimum Gasteiger partial charge on any atom is -0.477 e. The number of rotatable bonds is 5. The summed E-state index contributed by atoms with van der Waals surface area (Å²) in [7, 11) is 0. The van der Waals surface area contributed by atoms with Gasteiger partial charge in [0.05, 0.1) is 13.0 Å². The van der Waals surface area contributed by atoms with Crippen LogP contribution >= 0.6 is 11.3 Å². The van der Waals surface area contributed by atoms with Gasteiger partial charge in [-0.2, -0.15) is 0 Å². The molecule has 1 aromatic carbocycles. The Hall–Kier alpha value is -2.14. The van der Waals surface area contributed by atoms with Crippen LogP contribution in [0.4, 0.5) is 0 Å². The van der Waals surface area contributed by atoms with E-state index in [0.29, 0.717) is 13.0 Å². The van der Waals surface area contributed by atoms with Crippen molar-refractivity contribution in [1.82, 2.24) is 5.32 Å². The zero-order chi connectivity index (χ0) is 16.3. The molecule has 0 saturated carbocycles. The highest BCUT2D eigenvalue weighted by atomic mass is 32.1. The first-order valence-corrected chi connectivity index (χ1v) is 7.84. The SMILES string of the molecule is Cc1cc(C)c(CC(=O)NCc2ccc(C(=O)O)s2)c(C)c1. The van der Waals surface area contributed by atoms with Crippen LogP contribution in [0.2, 0.25) is 0 Å². The van der Waals surface area contributed by atoms with Crippen LogP contribution in [0.25, 0.3) is 0 Å². The molecule has 0 spiro atoms. The largest absolute Gasteiger partial charge is 0.477 e. The number of aryl methyl sites for hydroxylation is 3. The van der Waals surface area contributed by atoms with Gasteiger partial charge in [-0.05, 0) is 49.6 Å². The number of carboxylic acids is 1. The molecule has 0 saturated heterocycles. The standard InChI is InChI=1S/C17H19NO3S/c1-10-6-11(2)14(12(3)7-10)8-16(19)18-9-13-4-5-15(22-13)17(20)21/h4-7H,8-9H2,1-3H3,(H,18,19)(H,20,21). The molecule has 2 rings (SSSR count). The Morgan fingerprint density at radius 2 is 1.77 bits per heavy atom. The van der Waals surface area contributed by atoms with E-state index in [2.05, 4.69) is 17.4 Å². The van der Waals surface area contributed by atoms with Crippen LogP contribution in [0.5, 0.6) is 0 Å². The minimum absolute atomic E-state index is 0.0553. The fraction of sp³-hybridized carbons (Fsp3) is 0.294. The lowest BCUT2D eigenvalue weighted by atomic mass is 9.97. The van der Waals surface area contributed by atoms with Crippen molar-refractivity contribution in [3.8, 4) is 0 Å². The van der Waals surface area contributed by atoms with Gasteiger partial charge in [-0.25, -0.2) is 4.79 Å². The smallest absolute Gasteiger partial charge is 0.345 e. The molecule has 0 fully saturated rings. The van der Waals surface area contributed by atoms with Crippen LogP contribution in [0.3, 0.4) is 0 Å². The van der Waals surface area contributed by atoms with Crippen LogP contribution < -0.4 is 5.32 Å². The van der Waals surface area contributed by atoms with Crippen LogP contribution in [0.1, 0.15) is 36.8 Å². The maximum absolute atomic E-state index is 12.1. The highest BCUT2D eigenvalue weighted by Gasteiger charge is 2.11. The fourth-order valence-electron chi connectivity index (χ4n) is 2.49. The van der Waals surface area contributed by atoms with Gasteiger partial charge in [-0.1, -0.05) is 17.7 Å². The molecule has 0 aliphatic carbocycles. The summed E-state index contributed by atoms with van der Waals surface area (Å²) in [5.74, 6) is -0.992. The quantitative estimate of drug-likeness (QED) is 0.889. The second kappa shape index (κ2) is 6.75. The summed E-state index contributed by atoms with van der Waals surface area (Å²) in [6.45, 7) is 6.43. The number of aromatic carboxylic acids is 1. The molecule has 0 bridgehead atoms. The number of nitrogens with one attached hydrogen (secondary N) is 1. The Bertz CT molecular complexity index is 695. The monoisotopic (exact) mass is 317 g/mol. The third kappa shape index (κ3) is 3.95. The van der Waals surface area contributed by atoms with Gasteiger partial charge in [0.15, 0.2) is 0 Å². The van der Waals surface area contributed by atoms with Crippen molar-refractivity contribution in [2.24, 2.45) is 0 Å². The fourth-order valence-corrected chi connectivity index (χ4v) is 3.27. The number of carboxylic acid groups (broad SMARTS) is 1. The first kappa shape index (κ1) is 16.2. The topological polar surface area (TPSA) is 66.4 Å². The van der Waals surface area contributed by atoms with Gasteiger partial charge >= 0.3 is 5.97 Å². The average Bonchev–Trinajstić information content (AvgIpc) is 2.89. The van der Waals surface area contributed by atoms with E-state index in [0.717, 1.165) is 21.6 Å². The third-order valence-electron chi connectivity index (χ3n) is 3.51. The molecule has 0 aliphatic rings. The molecule has 0 aliphatic heterocycles. The zero-order valence-electron chi connectivity index (χ0n) is 12.9. The molecule has 1 aromatic heterocycles. The summed E-state index contributed by atoms with van der Waals surface area (Å²) < 4.78 is 0. The van der Waals surface area contributed by atoms with Gasteiger partial charge in [0.1, 0.15) is 4.88 Å². The number of hydrogen-bond acceptors (Lipinski definition) is 3. The summed E-state index contributed by atoms with van der Waals surface area (Å²) in [4.78, 5) is 24.0. The van der Waals surface area contributed by atoms with Crippen molar-refractivity contribution in [1.29, 1.82) is 0 Å². The summed E-state index contributed by atoms with van der Waals surface area (Å²) in [6.07, 6.45) is 0.342. The summed E-state index contributed by atoms with van der Waals surface area (Å²) >= 11 is 1.18. The normalized spacial score (nSPS) is 10.5. The van der Waals surface area contributed by atoms with Gasteiger partial charge in [-0.15, -0.1) is 11.3 Å². The Labute approximate surface area is 133 Å². The Kier molecular flexibility index (Phi) is 4.98. The number of carbonyl (C=O) groups excluding carboxylic acids is 1.